The lowest BCUT2D eigenvalue weighted by atomic mass is 10.1. The highest BCUT2D eigenvalue weighted by Crippen LogP contribution is 2.17. The van der Waals surface area contributed by atoms with Crippen molar-refractivity contribution >= 4 is 11.9 Å². The number of aromatic nitrogens is 4. The monoisotopic (exact) mass is 304 g/mol. The molecule has 1 atom stereocenters. The molecule has 2 aromatic heterocycles. The topological polar surface area (TPSA) is 67.2 Å². The van der Waals surface area contributed by atoms with E-state index in [9.17, 15) is 9.18 Å². The van der Waals surface area contributed by atoms with Gasteiger partial charge in [0.1, 0.15) is 0 Å². The smallest absolute Gasteiger partial charge is 0.257 e. The van der Waals surface area contributed by atoms with Crippen LogP contribution in [0.1, 0.15) is 17.3 Å². The van der Waals surface area contributed by atoms with Crippen LogP contribution >= 0.6 is 0 Å². The van der Waals surface area contributed by atoms with Crippen LogP contribution in [0.3, 0.4) is 0 Å². The summed E-state index contributed by atoms with van der Waals surface area (Å²) in [5.41, 5.74) is 0.584. The molecule has 8 heteroatoms. The number of carbonyl (C=O) groups excluding carboxylic acids is 1. The summed E-state index contributed by atoms with van der Waals surface area (Å²) in [6, 6.07) is 0.00936. The Balaban J connectivity index is 1.69. The second kappa shape index (κ2) is 5.70. The first-order chi connectivity index (χ1) is 10.5. The van der Waals surface area contributed by atoms with Crippen molar-refractivity contribution in [2.75, 3.05) is 24.5 Å². The fourth-order valence-corrected chi connectivity index (χ4v) is 2.61. The van der Waals surface area contributed by atoms with Gasteiger partial charge in [-0.25, -0.2) is 14.4 Å². The first kappa shape index (κ1) is 14.4. The standard InChI is InChI=1S/C14H17FN6O/c1-10-8-20(14-16-6-12(15)7-17-14)3-4-21(10)13(22)11-5-18-19(2)9-11/h5-7,9-10H,3-4,8H2,1-2H3. The minimum absolute atomic E-state index is 0.00936. The van der Waals surface area contributed by atoms with Gasteiger partial charge in [-0.3, -0.25) is 9.48 Å². The molecule has 3 rings (SSSR count). The van der Waals surface area contributed by atoms with E-state index in [0.29, 0.717) is 31.1 Å². The average molecular weight is 304 g/mol. The van der Waals surface area contributed by atoms with Gasteiger partial charge < -0.3 is 9.80 Å². The van der Waals surface area contributed by atoms with E-state index in [-0.39, 0.29) is 11.9 Å². The van der Waals surface area contributed by atoms with Crippen LogP contribution in [0.2, 0.25) is 0 Å². The SMILES string of the molecule is CC1CN(c2ncc(F)cn2)CCN1C(=O)c1cnn(C)c1. The van der Waals surface area contributed by atoms with Gasteiger partial charge in [0.05, 0.1) is 24.2 Å². The summed E-state index contributed by atoms with van der Waals surface area (Å²) in [7, 11) is 1.78. The maximum atomic E-state index is 12.9. The average Bonchev–Trinajstić information content (AvgIpc) is 2.94. The Hall–Kier alpha value is -2.51. The summed E-state index contributed by atoms with van der Waals surface area (Å²) >= 11 is 0. The fraction of sp³-hybridized carbons (Fsp3) is 0.429. The van der Waals surface area contributed by atoms with Crippen molar-refractivity contribution in [1.82, 2.24) is 24.6 Å². The molecule has 0 spiro atoms. The molecule has 3 heterocycles. The Morgan fingerprint density at radius 1 is 1.27 bits per heavy atom. The highest BCUT2D eigenvalue weighted by Gasteiger charge is 2.29. The van der Waals surface area contributed by atoms with Gasteiger partial charge in [0, 0.05) is 38.9 Å². The van der Waals surface area contributed by atoms with Crippen LogP contribution in [0.25, 0.3) is 0 Å². The summed E-state index contributed by atoms with van der Waals surface area (Å²) in [5, 5.41) is 4.03. The van der Waals surface area contributed by atoms with Gasteiger partial charge in [-0.2, -0.15) is 5.10 Å². The second-order valence-corrected chi connectivity index (χ2v) is 5.40. The van der Waals surface area contributed by atoms with Crippen LogP contribution < -0.4 is 4.90 Å². The molecule has 0 radical (unpaired) electrons. The maximum Gasteiger partial charge on any atom is 0.257 e. The fourth-order valence-electron chi connectivity index (χ4n) is 2.61. The third-order valence-corrected chi connectivity index (χ3v) is 3.73. The van der Waals surface area contributed by atoms with Gasteiger partial charge in [-0.15, -0.1) is 0 Å². The van der Waals surface area contributed by atoms with Crippen molar-refractivity contribution < 1.29 is 9.18 Å². The Labute approximate surface area is 127 Å². The zero-order valence-corrected chi connectivity index (χ0v) is 12.5. The van der Waals surface area contributed by atoms with E-state index >= 15 is 0 Å². The maximum absolute atomic E-state index is 12.9. The first-order valence-corrected chi connectivity index (χ1v) is 7.06. The lowest BCUT2D eigenvalue weighted by Crippen LogP contribution is -2.54. The minimum Gasteiger partial charge on any atom is -0.337 e. The largest absolute Gasteiger partial charge is 0.337 e. The quantitative estimate of drug-likeness (QED) is 0.817. The normalized spacial score (nSPS) is 18.6. The molecule has 1 aliphatic heterocycles. The molecule has 1 amide bonds. The zero-order valence-electron chi connectivity index (χ0n) is 12.5. The number of rotatable bonds is 2. The van der Waals surface area contributed by atoms with Gasteiger partial charge >= 0.3 is 0 Å². The third-order valence-electron chi connectivity index (χ3n) is 3.73. The molecule has 0 aromatic carbocycles. The van der Waals surface area contributed by atoms with Gasteiger partial charge in [-0.1, -0.05) is 0 Å². The van der Waals surface area contributed by atoms with Gasteiger partial charge in [-0.05, 0) is 6.92 Å². The summed E-state index contributed by atoms with van der Waals surface area (Å²) in [5.74, 6) is 0.00388. The molecule has 116 valence electrons. The Kier molecular flexibility index (Phi) is 3.74. The molecule has 0 aliphatic carbocycles. The van der Waals surface area contributed by atoms with Crippen LogP contribution in [-0.2, 0) is 7.05 Å². The number of hydrogen-bond donors (Lipinski definition) is 0. The van der Waals surface area contributed by atoms with Crippen LogP contribution in [0.4, 0.5) is 10.3 Å². The summed E-state index contributed by atoms with van der Waals surface area (Å²) in [4.78, 5) is 24.2. The molecule has 1 fully saturated rings. The first-order valence-electron chi connectivity index (χ1n) is 7.06. The van der Waals surface area contributed by atoms with Crippen LogP contribution in [0.15, 0.2) is 24.8 Å². The summed E-state index contributed by atoms with van der Waals surface area (Å²) in [6.45, 7) is 3.76. The lowest BCUT2D eigenvalue weighted by Gasteiger charge is -2.39. The van der Waals surface area contributed by atoms with Gasteiger partial charge in [0.2, 0.25) is 5.95 Å². The molecule has 2 aromatic rings. The van der Waals surface area contributed by atoms with Crippen molar-refractivity contribution in [3.8, 4) is 0 Å². The molecule has 0 N–H and O–H groups in total. The zero-order chi connectivity index (χ0) is 15.7. The molecule has 7 nitrogen and oxygen atoms in total. The predicted molar refractivity (Wildman–Crippen MR) is 77.9 cm³/mol. The van der Waals surface area contributed by atoms with Crippen molar-refractivity contribution in [2.45, 2.75) is 13.0 Å². The van der Waals surface area contributed by atoms with E-state index in [1.807, 2.05) is 16.7 Å². The third kappa shape index (κ3) is 2.76. The van der Waals surface area contributed by atoms with E-state index in [0.717, 1.165) is 12.4 Å². The number of halogens is 1. The van der Waals surface area contributed by atoms with Crippen LogP contribution in [0, 0.1) is 5.82 Å². The Morgan fingerprint density at radius 3 is 2.59 bits per heavy atom. The van der Waals surface area contributed by atoms with Crippen LogP contribution in [0.5, 0.6) is 0 Å². The van der Waals surface area contributed by atoms with Crippen molar-refractivity contribution in [3.63, 3.8) is 0 Å². The predicted octanol–water partition coefficient (Wildman–Crippen LogP) is 0.700. The molecule has 22 heavy (non-hydrogen) atoms. The second-order valence-electron chi connectivity index (χ2n) is 5.40. The lowest BCUT2D eigenvalue weighted by molar-refractivity contribution is 0.0673. The Morgan fingerprint density at radius 2 is 2.00 bits per heavy atom. The molecule has 1 unspecified atom stereocenters. The van der Waals surface area contributed by atoms with Gasteiger partial charge in [0.15, 0.2) is 5.82 Å². The summed E-state index contributed by atoms with van der Waals surface area (Å²) in [6.07, 6.45) is 5.59. The van der Waals surface area contributed by atoms with E-state index in [2.05, 4.69) is 15.1 Å². The van der Waals surface area contributed by atoms with E-state index in [1.54, 1.807) is 24.1 Å². The van der Waals surface area contributed by atoms with Crippen LogP contribution in [-0.4, -0.2) is 56.2 Å². The van der Waals surface area contributed by atoms with E-state index in [1.165, 1.54) is 0 Å². The molecular formula is C14H17FN6O. The summed E-state index contributed by atoms with van der Waals surface area (Å²) < 4.78 is 14.5. The Bertz CT molecular complexity index is 670. The van der Waals surface area contributed by atoms with Crippen molar-refractivity contribution in [1.29, 1.82) is 0 Å². The van der Waals surface area contributed by atoms with Crippen molar-refractivity contribution in [3.05, 3.63) is 36.2 Å². The number of carbonyl (C=O) groups is 1. The number of aryl methyl sites for hydroxylation is 1. The van der Waals surface area contributed by atoms with E-state index < -0.39 is 5.82 Å². The van der Waals surface area contributed by atoms with Gasteiger partial charge in [0.25, 0.3) is 5.91 Å². The molecule has 1 saturated heterocycles. The van der Waals surface area contributed by atoms with E-state index in [4.69, 9.17) is 0 Å². The van der Waals surface area contributed by atoms with Crippen molar-refractivity contribution in [2.24, 2.45) is 7.05 Å². The molecule has 0 saturated carbocycles. The molecule has 0 bridgehead atoms. The highest BCUT2D eigenvalue weighted by atomic mass is 19.1. The minimum atomic E-state index is -0.456. The molecule has 1 aliphatic rings. The number of piperazine rings is 1. The number of anilines is 1. The number of nitrogens with zero attached hydrogens (tertiary/aromatic N) is 6. The highest BCUT2D eigenvalue weighted by molar-refractivity contribution is 5.94. The molecular weight excluding hydrogens is 287 g/mol. The number of amides is 1. The number of hydrogen-bond acceptors (Lipinski definition) is 5.